The Morgan fingerprint density at radius 2 is 1.41 bits per heavy atom. The second-order valence-electron chi connectivity index (χ2n) is 7.62. The third kappa shape index (κ3) is 2.93. The number of halogens is 1. The summed E-state index contributed by atoms with van der Waals surface area (Å²) < 4.78 is 28.6. The molecule has 1 saturated carbocycles. The van der Waals surface area contributed by atoms with Crippen LogP contribution in [0.15, 0.2) is 70.1 Å². The van der Waals surface area contributed by atoms with Crippen LogP contribution in [0.2, 0.25) is 0 Å². The maximum atomic E-state index is 12.9. The van der Waals surface area contributed by atoms with Gasteiger partial charge in [0.15, 0.2) is 0 Å². The fraction of sp³-hybridized carbons (Fsp3) is 0.238. The molecule has 2 fully saturated rings. The van der Waals surface area contributed by atoms with E-state index < -0.39 is 10.0 Å². The molecule has 2 aromatic rings. The van der Waals surface area contributed by atoms with Gasteiger partial charge in [0.2, 0.25) is 11.8 Å². The van der Waals surface area contributed by atoms with E-state index in [0.29, 0.717) is 11.4 Å². The van der Waals surface area contributed by atoms with Crippen molar-refractivity contribution >= 4 is 49.1 Å². The largest absolute Gasteiger partial charge is 0.280 e. The topological polar surface area (TPSA) is 83.6 Å². The molecule has 1 heterocycles. The highest BCUT2D eigenvalue weighted by Crippen LogP contribution is 2.53. The van der Waals surface area contributed by atoms with E-state index in [4.69, 9.17) is 0 Å². The van der Waals surface area contributed by atoms with Gasteiger partial charge in [0.1, 0.15) is 0 Å². The molecular formula is C21H17BrN2O4S. The number of sulfonamides is 1. The van der Waals surface area contributed by atoms with Crippen molar-refractivity contribution in [3.05, 3.63) is 65.2 Å². The van der Waals surface area contributed by atoms with Crippen molar-refractivity contribution < 1.29 is 18.0 Å². The lowest BCUT2D eigenvalue weighted by atomic mass is 9.85. The highest BCUT2D eigenvalue weighted by molar-refractivity contribution is 9.10. The fourth-order valence-corrected chi connectivity index (χ4v) is 5.99. The highest BCUT2D eigenvalue weighted by atomic mass is 79.9. The number of fused-ring (bicyclic) bond motifs is 5. The van der Waals surface area contributed by atoms with E-state index in [1.54, 1.807) is 24.3 Å². The number of carbonyl (C=O) groups excluding carboxylic acids is 2. The Hall–Kier alpha value is -2.45. The molecule has 2 bridgehead atoms. The zero-order valence-electron chi connectivity index (χ0n) is 15.2. The molecule has 0 radical (unpaired) electrons. The summed E-state index contributed by atoms with van der Waals surface area (Å²) in [5, 5.41) is 0. The van der Waals surface area contributed by atoms with E-state index in [9.17, 15) is 18.0 Å². The van der Waals surface area contributed by atoms with E-state index in [2.05, 4.69) is 20.7 Å². The first-order valence-corrected chi connectivity index (χ1v) is 11.6. The van der Waals surface area contributed by atoms with Crippen molar-refractivity contribution in [1.29, 1.82) is 0 Å². The molecule has 5 rings (SSSR count). The maximum Gasteiger partial charge on any atom is 0.261 e. The van der Waals surface area contributed by atoms with Gasteiger partial charge in [0.05, 0.1) is 22.4 Å². The Bertz CT molecular complexity index is 1110. The summed E-state index contributed by atoms with van der Waals surface area (Å²) in [6, 6.07) is 12.6. The van der Waals surface area contributed by atoms with Crippen molar-refractivity contribution in [2.75, 3.05) is 9.62 Å². The van der Waals surface area contributed by atoms with Gasteiger partial charge < -0.3 is 0 Å². The molecule has 2 amide bonds. The first-order chi connectivity index (χ1) is 13.8. The number of nitrogens with one attached hydrogen (secondary N) is 1. The Morgan fingerprint density at radius 3 is 1.97 bits per heavy atom. The second kappa shape index (κ2) is 6.53. The molecule has 4 atom stereocenters. The third-order valence-electron chi connectivity index (χ3n) is 5.97. The van der Waals surface area contributed by atoms with Crippen molar-refractivity contribution in [3.8, 4) is 0 Å². The normalized spacial score (nSPS) is 27.6. The van der Waals surface area contributed by atoms with Crippen LogP contribution in [0.3, 0.4) is 0 Å². The molecule has 0 aromatic heterocycles. The molecule has 1 saturated heterocycles. The van der Waals surface area contributed by atoms with Gasteiger partial charge in [0.25, 0.3) is 10.0 Å². The average molecular weight is 473 g/mol. The Balaban J connectivity index is 1.39. The number of amides is 2. The fourth-order valence-electron chi connectivity index (χ4n) is 4.66. The molecule has 1 N–H and O–H groups in total. The van der Waals surface area contributed by atoms with Crippen LogP contribution in [0.1, 0.15) is 6.42 Å². The van der Waals surface area contributed by atoms with Gasteiger partial charge in [-0.25, -0.2) is 8.42 Å². The van der Waals surface area contributed by atoms with Crippen molar-refractivity contribution in [1.82, 2.24) is 0 Å². The number of rotatable bonds is 4. The Morgan fingerprint density at radius 1 is 0.862 bits per heavy atom. The van der Waals surface area contributed by atoms with E-state index in [-0.39, 0.29) is 40.4 Å². The van der Waals surface area contributed by atoms with Gasteiger partial charge in [0, 0.05) is 10.2 Å². The van der Waals surface area contributed by atoms with E-state index in [1.807, 2.05) is 12.2 Å². The zero-order valence-corrected chi connectivity index (χ0v) is 17.6. The predicted molar refractivity (Wildman–Crippen MR) is 112 cm³/mol. The lowest BCUT2D eigenvalue weighted by Gasteiger charge is -2.17. The molecule has 6 nitrogen and oxygen atoms in total. The average Bonchev–Trinajstić information content (AvgIpc) is 3.37. The van der Waals surface area contributed by atoms with Crippen molar-refractivity contribution in [2.45, 2.75) is 11.3 Å². The number of hydrogen-bond acceptors (Lipinski definition) is 4. The molecule has 3 aliphatic rings. The summed E-state index contributed by atoms with van der Waals surface area (Å²) >= 11 is 3.31. The number of imide groups is 1. The van der Waals surface area contributed by atoms with Gasteiger partial charge in [-0.2, -0.15) is 0 Å². The first-order valence-electron chi connectivity index (χ1n) is 9.30. The monoisotopic (exact) mass is 472 g/mol. The van der Waals surface area contributed by atoms with Crippen LogP contribution >= 0.6 is 15.9 Å². The van der Waals surface area contributed by atoms with Gasteiger partial charge in [-0.15, -0.1) is 0 Å². The summed E-state index contributed by atoms with van der Waals surface area (Å²) in [6.45, 7) is 0. The molecule has 8 heteroatoms. The number of hydrogen-bond donors (Lipinski definition) is 1. The number of anilines is 2. The lowest BCUT2D eigenvalue weighted by molar-refractivity contribution is -0.123. The number of allylic oxidation sites excluding steroid dienone is 2. The van der Waals surface area contributed by atoms with Crippen LogP contribution in [-0.2, 0) is 19.6 Å². The van der Waals surface area contributed by atoms with Crippen molar-refractivity contribution in [2.24, 2.45) is 23.7 Å². The number of carbonyl (C=O) groups is 2. The van der Waals surface area contributed by atoms with Crippen molar-refractivity contribution in [3.63, 3.8) is 0 Å². The van der Waals surface area contributed by atoms with Crippen LogP contribution in [0.5, 0.6) is 0 Å². The minimum absolute atomic E-state index is 0.0604. The standard InChI is InChI=1S/C21H17BrN2O4S/c22-14-3-5-15(6-4-14)23-29(27,28)17-9-7-16(8-10-17)24-20(25)18-12-1-2-13(11-12)19(18)21(24)26/h1-10,12-13,18-19,23H,11H2. The highest BCUT2D eigenvalue weighted by Gasteiger charge is 2.59. The smallest absolute Gasteiger partial charge is 0.261 e. The second-order valence-corrected chi connectivity index (χ2v) is 10.2. The summed E-state index contributed by atoms with van der Waals surface area (Å²) in [4.78, 5) is 27.0. The number of nitrogens with zero attached hydrogens (tertiary/aromatic N) is 1. The van der Waals surface area contributed by atoms with Crippen LogP contribution in [-0.4, -0.2) is 20.2 Å². The van der Waals surface area contributed by atoms with Crippen LogP contribution < -0.4 is 9.62 Å². The molecule has 2 aromatic carbocycles. The summed E-state index contributed by atoms with van der Waals surface area (Å²) in [6.07, 6.45) is 4.97. The quantitative estimate of drug-likeness (QED) is 0.544. The summed E-state index contributed by atoms with van der Waals surface area (Å²) in [5.41, 5.74) is 0.856. The predicted octanol–water partition coefficient (Wildman–Crippen LogP) is 3.56. The van der Waals surface area contributed by atoms with Gasteiger partial charge in [-0.05, 0) is 66.8 Å². The minimum atomic E-state index is -3.78. The Labute approximate surface area is 176 Å². The van der Waals surface area contributed by atoms with E-state index in [1.165, 1.54) is 29.2 Å². The molecule has 148 valence electrons. The van der Waals surface area contributed by atoms with Gasteiger partial charge >= 0.3 is 0 Å². The molecule has 2 aliphatic carbocycles. The number of benzene rings is 2. The zero-order chi connectivity index (χ0) is 20.3. The molecule has 1 aliphatic heterocycles. The van der Waals surface area contributed by atoms with Crippen LogP contribution in [0, 0.1) is 23.7 Å². The van der Waals surface area contributed by atoms with Gasteiger partial charge in [-0.1, -0.05) is 28.1 Å². The Kier molecular flexibility index (Phi) is 4.18. The first kappa shape index (κ1) is 18.6. The molecule has 29 heavy (non-hydrogen) atoms. The molecule has 4 unspecified atom stereocenters. The van der Waals surface area contributed by atoms with E-state index >= 15 is 0 Å². The lowest BCUT2D eigenvalue weighted by Crippen LogP contribution is -2.32. The summed E-state index contributed by atoms with van der Waals surface area (Å²) in [5.74, 6) is -0.636. The van der Waals surface area contributed by atoms with Crippen LogP contribution in [0.4, 0.5) is 11.4 Å². The third-order valence-corrected chi connectivity index (χ3v) is 7.90. The summed E-state index contributed by atoms with van der Waals surface area (Å²) in [7, 11) is -3.78. The van der Waals surface area contributed by atoms with Gasteiger partial charge in [-0.3, -0.25) is 19.2 Å². The van der Waals surface area contributed by atoms with Crippen LogP contribution in [0.25, 0.3) is 0 Å². The molecule has 0 spiro atoms. The SMILES string of the molecule is O=C1C2C3C=CC(C3)C2C(=O)N1c1ccc(S(=O)(=O)Nc2ccc(Br)cc2)cc1. The molecular weight excluding hydrogens is 456 g/mol. The minimum Gasteiger partial charge on any atom is -0.280 e. The maximum absolute atomic E-state index is 12.9. The van der Waals surface area contributed by atoms with E-state index in [0.717, 1.165) is 10.9 Å².